The van der Waals surface area contributed by atoms with Gasteiger partial charge in [0.25, 0.3) is 5.91 Å². The first-order valence-corrected chi connectivity index (χ1v) is 6.68. The van der Waals surface area contributed by atoms with E-state index in [1.54, 1.807) is 12.3 Å². The lowest BCUT2D eigenvalue weighted by atomic mass is 10.2. The predicted molar refractivity (Wildman–Crippen MR) is 68.8 cm³/mol. The molecule has 88 valence electrons. The minimum absolute atomic E-state index is 0.0218. The minimum atomic E-state index is 0.0218. The number of halogens is 1. The summed E-state index contributed by atoms with van der Waals surface area (Å²) in [4.78, 5) is 18.0. The van der Waals surface area contributed by atoms with Crippen LogP contribution in [-0.2, 0) is 0 Å². The second-order valence-corrected chi connectivity index (χ2v) is 4.34. The van der Waals surface area contributed by atoms with E-state index in [1.807, 2.05) is 17.0 Å². The van der Waals surface area contributed by atoms with E-state index in [9.17, 15) is 4.79 Å². The van der Waals surface area contributed by atoms with Gasteiger partial charge in [0.05, 0.1) is 0 Å². The summed E-state index contributed by atoms with van der Waals surface area (Å²) in [7, 11) is 0. The van der Waals surface area contributed by atoms with Crippen LogP contribution in [0.4, 0.5) is 0 Å². The maximum absolute atomic E-state index is 12.1. The molecule has 1 rings (SSSR count). The van der Waals surface area contributed by atoms with Crippen molar-refractivity contribution in [2.75, 3.05) is 18.4 Å². The Bertz CT molecular complexity index is 316. The monoisotopic (exact) mass is 284 g/mol. The van der Waals surface area contributed by atoms with Crippen LogP contribution in [0, 0.1) is 0 Å². The molecule has 0 saturated carbocycles. The van der Waals surface area contributed by atoms with Gasteiger partial charge in [-0.25, -0.2) is 0 Å². The summed E-state index contributed by atoms with van der Waals surface area (Å²) in [5, 5.41) is 0.801. The van der Waals surface area contributed by atoms with Crippen molar-refractivity contribution in [3.8, 4) is 0 Å². The van der Waals surface area contributed by atoms with Gasteiger partial charge in [-0.1, -0.05) is 35.3 Å². The van der Waals surface area contributed by atoms with Crippen molar-refractivity contribution in [3.63, 3.8) is 0 Å². The molecule has 0 aromatic carbocycles. The molecule has 0 unspecified atom stereocenters. The normalized spacial score (nSPS) is 10.1. The number of amides is 1. The fraction of sp³-hybridized carbons (Fsp3) is 0.500. The number of hydrogen-bond donors (Lipinski definition) is 0. The molecule has 0 aliphatic carbocycles. The highest BCUT2D eigenvalue weighted by Crippen LogP contribution is 2.04. The van der Waals surface area contributed by atoms with Crippen molar-refractivity contribution in [1.29, 1.82) is 0 Å². The van der Waals surface area contributed by atoms with Gasteiger partial charge in [0.2, 0.25) is 0 Å². The Morgan fingerprint density at radius 3 is 2.81 bits per heavy atom. The summed E-state index contributed by atoms with van der Waals surface area (Å²) in [6.07, 6.45) is 3.78. The molecule has 1 amide bonds. The number of unbranched alkanes of at least 4 members (excludes halogenated alkanes) is 1. The molecule has 0 fully saturated rings. The zero-order valence-corrected chi connectivity index (χ0v) is 11.1. The molecule has 4 heteroatoms. The number of hydrogen-bond acceptors (Lipinski definition) is 2. The summed E-state index contributed by atoms with van der Waals surface area (Å²) < 4.78 is 0. The van der Waals surface area contributed by atoms with E-state index in [4.69, 9.17) is 0 Å². The SMILES string of the molecule is CCCCN(CCBr)C(=O)c1ccccn1. The van der Waals surface area contributed by atoms with Crippen molar-refractivity contribution in [2.45, 2.75) is 19.8 Å². The maximum atomic E-state index is 12.1. The Kier molecular flexibility index (Phi) is 6.08. The van der Waals surface area contributed by atoms with Gasteiger partial charge >= 0.3 is 0 Å². The van der Waals surface area contributed by atoms with Crippen LogP contribution in [0.5, 0.6) is 0 Å². The van der Waals surface area contributed by atoms with Gasteiger partial charge in [0.15, 0.2) is 0 Å². The zero-order valence-electron chi connectivity index (χ0n) is 9.53. The van der Waals surface area contributed by atoms with E-state index in [0.29, 0.717) is 5.69 Å². The molecule has 1 heterocycles. The van der Waals surface area contributed by atoms with E-state index in [2.05, 4.69) is 27.8 Å². The molecular formula is C12H17BrN2O. The summed E-state index contributed by atoms with van der Waals surface area (Å²) in [6.45, 7) is 3.66. The molecule has 0 saturated heterocycles. The fourth-order valence-electron chi connectivity index (χ4n) is 1.42. The molecule has 16 heavy (non-hydrogen) atoms. The number of rotatable bonds is 6. The zero-order chi connectivity index (χ0) is 11.8. The number of carbonyl (C=O) groups excluding carboxylic acids is 1. The Hall–Kier alpha value is -0.900. The topological polar surface area (TPSA) is 33.2 Å². The van der Waals surface area contributed by atoms with Crippen molar-refractivity contribution >= 4 is 21.8 Å². The van der Waals surface area contributed by atoms with Gasteiger partial charge in [0, 0.05) is 24.6 Å². The predicted octanol–water partition coefficient (Wildman–Crippen LogP) is 2.72. The standard InChI is InChI=1S/C12H17BrN2O/c1-2-3-9-15(10-7-13)12(16)11-6-4-5-8-14-11/h4-6,8H,2-3,7,9-10H2,1H3. The molecule has 0 aliphatic rings. The van der Waals surface area contributed by atoms with Crippen LogP contribution >= 0.6 is 15.9 Å². The van der Waals surface area contributed by atoms with Crippen LogP contribution in [0.2, 0.25) is 0 Å². The minimum Gasteiger partial charge on any atom is -0.336 e. The van der Waals surface area contributed by atoms with Crippen LogP contribution in [0.1, 0.15) is 30.3 Å². The third kappa shape index (κ3) is 3.93. The third-order valence-electron chi connectivity index (χ3n) is 2.31. The average Bonchev–Trinajstić information content (AvgIpc) is 2.35. The maximum Gasteiger partial charge on any atom is 0.272 e. The van der Waals surface area contributed by atoms with Crippen molar-refractivity contribution < 1.29 is 4.79 Å². The molecule has 1 aromatic heterocycles. The summed E-state index contributed by atoms with van der Waals surface area (Å²) >= 11 is 3.37. The van der Waals surface area contributed by atoms with Gasteiger partial charge in [-0.15, -0.1) is 0 Å². The van der Waals surface area contributed by atoms with Gasteiger partial charge in [0.1, 0.15) is 5.69 Å². The second kappa shape index (κ2) is 7.39. The summed E-state index contributed by atoms with van der Waals surface area (Å²) in [5.41, 5.74) is 0.527. The molecule has 0 aliphatic heterocycles. The Morgan fingerprint density at radius 2 is 2.25 bits per heavy atom. The molecule has 0 bridgehead atoms. The van der Waals surface area contributed by atoms with E-state index in [0.717, 1.165) is 31.3 Å². The lowest BCUT2D eigenvalue weighted by Gasteiger charge is -2.20. The highest BCUT2D eigenvalue weighted by molar-refractivity contribution is 9.09. The Balaban J connectivity index is 2.67. The van der Waals surface area contributed by atoms with Gasteiger partial charge < -0.3 is 4.90 Å². The van der Waals surface area contributed by atoms with Gasteiger partial charge in [-0.05, 0) is 18.6 Å². The number of carbonyl (C=O) groups is 1. The molecule has 0 atom stereocenters. The molecule has 1 aromatic rings. The van der Waals surface area contributed by atoms with E-state index in [1.165, 1.54) is 0 Å². The molecular weight excluding hydrogens is 268 g/mol. The largest absolute Gasteiger partial charge is 0.336 e. The highest BCUT2D eigenvalue weighted by Gasteiger charge is 2.14. The van der Waals surface area contributed by atoms with Crippen LogP contribution in [-0.4, -0.2) is 34.2 Å². The molecule has 0 spiro atoms. The van der Waals surface area contributed by atoms with Gasteiger partial charge in [-0.2, -0.15) is 0 Å². The number of aromatic nitrogens is 1. The van der Waals surface area contributed by atoms with Crippen LogP contribution in [0.25, 0.3) is 0 Å². The van der Waals surface area contributed by atoms with Crippen LogP contribution in [0.3, 0.4) is 0 Å². The van der Waals surface area contributed by atoms with Crippen molar-refractivity contribution in [1.82, 2.24) is 9.88 Å². The molecule has 0 N–H and O–H groups in total. The molecule has 3 nitrogen and oxygen atoms in total. The van der Waals surface area contributed by atoms with Crippen molar-refractivity contribution in [2.24, 2.45) is 0 Å². The quantitative estimate of drug-likeness (QED) is 0.753. The van der Waals surface area contributed by atoms with E-state index in [-0.39, 0.29) is 5.91 Å². The lowest BCUT2D eigenvalue weighted by molar-refractivity contribution is 0.0758. The number of nitrogens with zero attached hydrogens (tertiary/aromatic N) is 2. The Labute approximate surface area is 105 Å². The number of alkyl halides is 1. The van der Waals surface area contributed by atoms with E-state index >= 15 is 0 Å². The Morgan fingerprint density at radius 1 is 1.44 bits per heavy atom. The average molecular weight is 285 g/mol. The van der Waals surface area contributed by atoms with Gasteiger partial charge in [-0.3, -0.25) is 9.78 Å². The first-order valence-electron chi connectivity index (χ1n) is 5.56. The first-order chi connectivity index (χ1) is 7.79. The van der Waals surface area contributed by atoms with E-state index < -0.39 is 0 Å². The fourth-order valence-corrected chi connectivity index (χ4v) is 1.85. The smallest absolute Gasteiger partial charge is 0.272 e. The summed E-state index contributed by atoms with van der Waals surface area (Å²) in [5.74, 6) is 0.0218. The van der Waals surface area contributed by atoms with Crippen LogP contribution < -0.4 is 0 Å². The lowest BCUT2D eigenvalue weighted by Crippen LogP contribution is -2.34. The highest BCUT2D eigenvalue weighted by atomic mass is 79.9. The third-order valence-corrected chi connectivity index (χ3v) is 2.66. The first kappa shape index (κ1) is 13.2. The summed E-state index contributed by atoms with van der Waals surface area (Å²) in [6, 6.07) is 5.42. The van der Waals surface area contributed by atoms with Crippen LogP contribution in [0.15, 0.2) is 24.4 Å². The van der Waals surface area contributed by atoms with Crippen molar-refractivity contribution in [3.05, 3.63) is 30.1 Å². The molecule has 0 radical (unpaired) electrons. The number of pyridine rings is 1. The second-order valence-electron chi connectivity index (χ2n) is 3.55.